The van der Waals surface area contributed by atoms with Gasteiger partial charge in [-0.25, -0.2) is 4.79 Å². The van der Waals surface area contributed by atoms with Crippen LogP contribution in [0.2, 0.25) is 0 Å². The largest absolute Gasteiger partial charge is 0.478 e. The Morgan fingerprint density at radius 2 is 1.84 bits per heavy atom. The van der Waals surface area contributed by atoms with Gasteiger partial charge in [0, 0.05) is 18.0 Å². The summed E-state index contributed by atoms with van der Waals surface area (Å²) >= 11 is 0. The molecule has 0 spiro atoms. The number of amides is 1. The van der Waals surface area contributed by atoms with Gasteiger partial charge in [-0.15, -0.1) is 0 Å². The van der Waals surface area contributed by atoms with E-state index in [0.29, 0.717) is 11.1 Å². The van der Waals surface area contributed by atoms with E-state index in [1.54, 1.807) is 24.3 Å². The highest BCUT2D eigenvalue weighted by molar-refractivity contribution is 5.94. The Kier molecular flexibility index (Phi) is 3.56. The molecule has 0 aliphatic rings. The van der Waals surface area contributed by atoms with E-state index in [2.05, 4.69) is 4.98 Å². The standard InChI is InChI=1S/C14H12N2O3/c15-13(17)12(9-4-2-1-3-5-9)11-8-16-7-6-10(11)14(18)19/h1-8,12H,(H2,15,17)(H,18,19). The number of nitrogens with two attached hydrogens (primary N) is 1. The van der Waals surface area contributed by atoms with Crippen LogP contribution in [-0.4, -0.2) is 22.0 Å². The van der Waals surface area contributed by atoms with Crippen LogP contribution in [0.4, 0.5) is 0 Å². The Labute approximate surface area is 109 Å². The van der Waals surface area contributed by atoms with Crippen LogP contribution in [0, 0.1) is 0 Å². The van der Waals surface area contributed by atoms with E-state index in [0.717, 1.165) is 0 Å². The highest BCUT2D eigenvalue weighted by Crippen LogP contribution is 2.26. The zero-order valence-corrected chi connectivity index (χ0v) is 9.98. The lowest BCUT2D eigenvalue weighted by atomic mass is 9.89. The first-order chi connectivity index (χ1) is 9.11. The summed E-state index contributed by atoms with van der Waals surface area (Å²) in [6, 6.07) is 10.2. The monoisotopic (exact) mass is 256 g/mol. The van der Waals surface area contributed by atoms with Crippen LogP contribution in [-0.2, 0) is 4.79 Å². The van der Waals surface area contributed by atoms with Crippen molar-refractivity contribution in [1.82, 2.24) is 4.98 Å². The molecule has 1 heterocycles. The fraction of sp³-hybridized carbons (Fsp3) is 0.0714. The van der Waals surface area contributed by atoms with Gasteiger partial charge in [0.15, 0.2) is 0 Å². The van der Waals surface area contributed by atoms with E-state index in [9.17, 15) is 9.59 Å². The van der Waals surface area contributed by atoms with Crippen molar-refractivity contribution in [3.8, 4) is 0 Å². The molecule has 3 N–H and O–H groups in total. The minimum atomic E-state index is -1.11. The number of pyridine rings is 1. The lowest BCUT2D eigenvalue weighted by Crippen LogP contribution is -2.24. The van der Waals surface area contributed by atoms with Gasteiger partial charge in [-0.1, -0.05) is 30.3 Å². The highest BCUT2D eigenvalue weighted by Gasteiger charge is 2.25. The minimum absolute atomic E-state index is 0.0302. The van der Waals surface area contributed by atoms with Crippen LogP contribution < -0.4 is 5.73 Å². The summed E-state index contributed by atoms with van der Waals surface area (Å²) in [5.41, 5.74) is 6.38. The molecule has 0 saturated heterocycles. The second kappa shape index (κ2) is 5.30. The van der Waals surface area contributed by atoms with Gasteiger partial charge in [0.05, 0.1) is 11.5 Å². The van der Waals surface area contributed by atoms with Crippen LogP contribution in [0.5, 0.6) is 0 Å². The fourth-order valence-corrected chi connectivity index (χ4v) is 1.97. The quantitative estimate of drug-likeness (QED) is 0.864. The number of rotatable bonds is 4. The molecule has 1 atom stereocenters. The number of hydrogen-bond acceptors (Lipinski definition) is 3. The summed E-state index contributed by atoms with van der Waals surface area (Å²) in [5.74, 6) is -2.54. The van der Waals surface area contributed by atoms with Crippen molar-refractivity contribution < 1.29 is 14.7 Å². The van der Waals surface area contributed by atoms with Gasteiger partial charge in [-0.05, 0) is 11.6 Å². The molecule has 0 aliphatic carbocycles. The summed E-state index contributed by atoms with van der Waals surface area (Å²) in [6.45, 7) is 0. The molecular weight excluding hydrogens is 244 g/mol. The number of hydrogen-bond donors (Lipinski definition) is 2. The molecule has 1 aromatic carbocycles. The number of carbonyl (C=O) groups excluding carboxylic acids is 1. The zero-order chi connectivity index (χ0) is 13.8. The first kappa shape index (κ1) is 12.8. The van der Waals surface area contributed by atoms with Crippen LogP contribution in [0.25, 0.3) is 0 Å². The SMILES string of the molecule is NC(=O)C(c1ccccc1)c1cnccc1C(=O)O. The molecule has 0 radical (unpaired) electrons. The van der Waals surface area contributed by atoms with Crippen molar-refractivity contribution in [1.29, 1.82) is 0 Å². The number of carboxylic acid groups (broad SMARTS) is 1. The van der Waals surface area contributed by atoms with E-state index in [-0.39, 0.29) is 5.56 Å². The highest BCUT2D eigenvalue weighted by atomic mass is 16.4. The minimum Gasteiger partial charge on any atom is -0.478 e. The van der Waals surface area contributed by atoms with E-state index in [1.807, 2.05) is 6.07 Å². The predicted molar refractivity (Wildman–Crippen MR) is 68.7 cm³/mol. The van der Waals surface area contributed by atoms with E-state index >= 15 is 0 Å². The number of aromatic carboxylic acids is 1. The molecule has 2 aromatic rings. The van der Waals surface area contributed by atoms with Crippen molar-refractivity contribution in [3.63, 3.8) is 0 Å². The van der Waals surface area contributed by atoms with Crippen LogP contribution in [0.1, 0.15) is 27.4 Å². The second-order valence-electron chi connectivity index (χ2n) is 4.01. The maximum atomic E-state index is 11.7. The number of carbonyl (C=O) groups is 2. The average Bonchev–Trinajstić information content (AvgIpc) is 2.40. The summed E-state index contributed by atoms with van der Waals surface area (Å²) in [5, 5.41) is 9.16. The van der Waals surface area contributed by atoms with Crippen molar-refractivity contribution in [2.45, 2.75) is 5.92 Å². The van der Waals surface area contributed by atoms with Gasteiger partial charge >= 0.3 is 5.97 Å². The molecule has 0 fully saturated rings. The molecule has 5 nitrogen and oxygen atoms in total. The Morgan fingerprint density at radius 1 is 1.16 bits per heavy atom. The lowest BCUT2D eigenvalue weighted by molar-refractivity contribution is -0.118. The first-order valence-electron chi connectivity index (χ1n) is 5.62. The normalized spacial score (nSPS) is 11.8. The molecule has 19 heavy (non-hydrogen) atoms. The van der Waals surface area contributed by atoms with Gasteiger partial charge in [-0.2, -0.15) is 0 Å². The molecule has 0 bridgehead atoms. The fourth-order valence-electron chi connectivity index (χ4n) is 1.97. The van der Waals surface area contributed by atoms with Crippen LogP contribution in [0.3, 0.4) is 0 Å². The van der Waals surface area contributed by atoms with Crippen LogP contribution >= 0.6 is 0 Å². The Bertz CT molecular complexity index is 611. The molecule has 1 aromatic heterocycles. The van der Waals surface area contributed by atoms with Gasteiger partial charge in [0.1, 0.15) is 0 Å². The van der Waals surface area contributed by atoms with Gasteiger partial charge in [-0.3, -0.25) is 9.78 Å². The number of aromatic nitrogens is 1. The lowest BCUT2D eigenvalue weighted by Gasteiger charge is -2.15. The Balaban J connectivity index is 2.59. The maximum absolute atomic E-state index is 11.7. The molecule has 0 aliphatic heterocycles. The van der Waals surface area contributed by atoms with Crippen LogP contribution in [0.15, 0.2) is 48.8 Å². The molecule has 1 unspecified atom stereocenters. The van der Waals surface area contributed by atoms with Gasteiger partial charge < -0.3 is 10.8 Å². The third-order valence-corrected chi connectivity index (χ3v) is 2.81. The summed E-state index contributed by atoms with van der Waals surface area (Å²) in [4.78, 5) is 26.8. The number of primary amides is 1. The number of nitrogens with zero attached hydrogens (tertiary/aromatic N) is 1. The second-order valence-corrected chi connectivity index (χ2v) is 4.01. The summed E-state index contributed by atoms with van der Waals surface area (Å²) in [7, 11) is 0. The van der Waals surface area contributed by atoms with Crippen molar-refractivity contribution in [2.24, 2.45) is 5.73 Å². The summed E-state index contributed by atoms with van der Waals surface area (Å²) < 4.78 is 0. The third-order valence-electron chi connectivity index (χ3n) is 2.81. The number of carboxylic acids is 1. The Hall–Kier alpha value is -2.69. The van der Waals surface area contributed by atoms with E-state index in [1.165, 1.54) is 18.5 Å². The summed E-state index contributed by atoms with van der Waals surface area (Å²) in [6.07, 6.45) is 2.74. The predicted octanol–water partition coefficient (Wildman–Crippen LogP) is 1.40. The average molecular weight is 256 g/mol. The van der Waals surface area contributed by atoms with Crippen molar-refractivity contribution in [2.75, 3.05) is 0 Å². The smallest absolute Gasteiger partial charge is 0.336 e. The Morgan fingerprint density at radius 3 is 2.42 bits per heavy atom. The molecule has 1 amide bonds. The first-order valence-corrected chi connectivity index (χ1v) is 5.62. The van der Waals surface area contributed by atoms with Crippen molar-refractivity contribution in [3.05, 3.63) is 65.5 Å². The molecular formula is C14H12N2O3. The van der Waals surface area contributed by atoms with E-state index < -0.39 is 17.8 Å². The molecule has 0 saturated carbocycles. The van der Waals surface area contributed by atoms with Crippen molar-refractivity contribution >= 4 is 11.9 Å². The van der Waals surface area contributed by atoms with Gasteiger partial charge in [0.2, 0.25) is 5.91 Å². The topological polar surface area (TPSA) is 93.3 Å². The maximum Gasteiger partial charge on any atom is 0.336 e. The number of benzene rings is 1. The van der Waals surface area contributed by atoms with E-state index in [4.69, 9.17) is 10.8 Å². The zero-order valence-electron chi connectivity index (χ0n) is 9.98. The molecule has 2 rings (SSSR count). The van der Waals surface area contributed by atoms with Gasteiger partial charge in [0.25, 0.3) is 0 Å². The third kappa shape index (κ3) is 2.60. The molecule has 96 valence electrons. The molecule has 5 heteroatoms.